The molecule has 1 aliphatic heterocycles. The Kier molecular flexibility index (Phi) is 5.89. The molecular weight excluding hydrogens is 396 g/mol. The Labute approximate surface area is 172 Å². The fraction of sp³-hybridized carbons (Fsp3) is 0.190. The van der Waals surface area contributed by atoms with Gasteiger partial charge in [0.15, 0.2) is 11.5 Å². The minimum Gasteiger partial charge on any atom is -0.493 e. The zero-order chi connectivity index (χ0) is 21.1. The number of nitrogens with zero attached hydrogens (tertiary/aromatic N) is 1. The Morgan fingerprint density at radius 1 is 1.03 bits per heavy atom. The lowest BCUT2D eigenvalue weighted by Gasteiger charge is -2.26. The highest BCUT2D eigenvalue weighted by molar-refractivity contribution is 6.39. The summed E-state index contributed by atoms with van der Waals surface area (Å²) < 4.78 is 11.0. The lowest BCUT2D eigenvalue weighted by molar-refractivity contribution is -0.122. The van der Waals surface area contributed by atoms with Gasteiger partial charge >= 0.3 is 6.03 Å². The molecule has 0 aromatic heterocycles. The normalized spacial score (nSPS) is 15.7. The first-order valence-electron chi connectivity index (χ1n) is 8.82. The number of ether oxygens (including phenoxy) is 2. The number of amides is 4. The highest BCUT2D eigenvalue weighted by Gasteiger charge is 2.36. The minimum atomic E-state index is -0.822. The van der Waals surface area contributed by atoms with Crippen LogP contribution < -0.4 is 19.7 Å². The predicted molar refractivity (Wildman–Crippen MR) is 109 cm³/mol. The monoisotopic (exact) mass is 414 g/mol. The maximum Gasteiger partial charge on any atom is 0.335 e. The van der Waals surface area contributed by atoms with E-state index in [1.807, 2.05) is 13.8 Å². The number of halogens is 1. The van der Waals surface area contributed by atoms with Crippen LogP contribution in [0.5, 0.6) is 11.5 Å². The third kappa shape index (κ3) is 4.41. The number of barbiturate groups is 1. The van der Waals surface area contributed by atoms with Gasteiger partial charge in [0.05, 0.1) is 18.9 Å². The smallest absolute Gasteiger partial charge is 0.335 e. The second-order valence-corrected chi connectivity index (χ2v) is 6.95. The summed E-state index contributed by atoms with van der Waals surface area (Å²) in [6.45, 7) is 3.78. The van der Waals surface area contributed by atoms with Crippen molar-refractivity contribution in [1.82, 2.24) is 5.32 Å². The van der Waals surface area contributed by atoms with Crippen molar-refractivity contribution in [3.8, 4) is 11.5 Å². The molecule has 1 N–H and O–H groups in total. The quantitative estimate of drug-likeness (QED) is 0.594. The van der Waals surface area contributed by atoms with Crippen LogP contribution in [0.4, 0.5) is 10.5 Å². The molecule has 3 rings (SSSR count). The zero-order valence-electron chi connectivity index (χ0n) is 16.1. The van der Waals surface area contributed by atoms with Crippen LogP contribution in [-0.2, 0) is 9.59 Å². The Morgan fingerprint density at radius 2 is 1.72 bits per heavy atom. The maximum atomic E-state index is 12.9. The van der Waals surface area contributed by atoms with Crippen molar-refractivity contribution in [3.63, 3.8) is 0 Å². The molecular formula is C21H19ClN2O5. The van der Waals surface area contributed by atoms with Gasteiger partial charge in [0.25, 0.3) is 11.8 Å². The fourth-order valence-corrected chi connectivity index (χ4v) is 2.90. The third-order valence-corrected chi connectivity index (χ3v) is 4.30. The van der Waals surface area contributed by atoms with E-state index in [4.69, 9.17) is 21.1 Å². The van der Waals surface area contributed by atoms with E-state index >= 15 is 0 Å². The van der Waals surface area contributed by atoms with Gasteiger partial charge < -0.3 is 9.47 Å². The summed E-state index contributed by atoms with van der Waals surface area (Å²) >= 11 is 5.86. The average molecular weight is 415 g/mol. The number of methoxy groups -OCH3 is 1. The molecule has 0 radical (unpaired) electrons. The SMILES string of the molecule is COc1cc(/C=C2/C(=O)NC(=O)N(c3ccc(Cl)cc3)C2=O)ccc1OC(C)C. The molecule has 2 aromatic rings. The Hall–Kier alpha value is -3.32. The summed E-state index contributed by atoms with van der Waals surface area (Å²) in [6, 6.07) is 10.4. The van der Waals surface area contributed by atoms with Gasteiger partial charge in [0.2, 0.25) is 0 Å². The van der Waals surface area contributed by atoms with Crippen LogP contribution in [0.3, 0.4) is 0 Å². The number of urea groups is 1. The predicted octanol–water partition coefficient (Wildman–Crippen LogP) is 3.80. The van der Waals surface area contributed by atoms with E-state index in [-0.39, 0.29) is 11.7 Å². The molecule has 29 heavy (non-hydrogen) atoms. The molecule has 2 aromatic carbocycles. The van der Waals surface area contributed by atoms with Crippen LogP contribution in [0, 0.1) is 0 Å². The molecule has 4 amide bonds. The van der Waals surface area contributed by atoms with Gasteiger partial charge in [-0.2, -0.15) is 0 Å². The number of anilines is 1. The van der Waals surface area contributed by atoms with Crippen LogP contribution in [0.1, 0.15) is 19.4 Å². The van der Waals surface area contributed by atoms with Crippen molar-refractivity contribution >= 4 is 41.2 Å². The van der Waals surface area contributed by atoms with Crippen molar-refractivity contribution in [2.45, 2.75) is 20.0 Å². The summed E-state index contributed by atoms with van der Waals surface area (Å²) in [7, 11) is 1.50. The zero-order valence-corrected chi connectivity index (χ0v) is 16.8. The van der Waals surface area contributed by atoms with Crippen LogP contribution >= 0.6 is 11.6 Å². The summed E-state index contributed by atoms with van der Waals surface area (Å²) in [5, 5.41) is 2.64. The molecule has 150 valence electrons. The number of hydrogen-bond donors (Lipinski definition) is 1. The number of hydrogen-bond acceptors (Lipinski definition) is 5. The lowest BCUT2D eigenvalue weighted by Crippen LogP contribution is -2.54. The van der Waals surface area contributed by atoms with Crippen LogP contribution in [0.25, 0.3) is 6.08 Å². The van der Waals surface area contributed by atoms with E-state index in [2.05, 4.69) is 5.32 Å². The molecule has 7 nitrogen and oxygen atoms in total. The first-order valence-corrected chi connectivity index (χ1v) is 9.19. The molecule has 1 fully saturated rings. The summed E-state index contributed by atoms with van der Waals surface area (Å²) in [6.07, 6.45) is 1.35. The van der Waals surface area contributed by atoms with Gasteiger partial charge in [-0.05, 0) is 61.9 Å². The van der Waals surface area contributed by atoms with Gasteiger partial charge in [-0.25, -0.2) is 9.69 Å². The van der Waals surface area contributed by atoms with Crippen LogP contribution in [0.2, 0.25) is 5.02 Å². The molecule has 0 saturated carbocycles. The maximum absolute atomic E-state index is 12.9. The molecule has 0 bridgehead atoms. The van der Waals surface area contributed by atoms with E-state index in [1.165, 1.54) is 25.3 Å². The van der Waals surface area contributed by atoms with Crippen molar-refractivity contribution in [2.75, 3.05) is 12.0 Å². The van der Waals surface area contributed by atoms with E-state index in [0.29, 0.717) is 27.8 Å². The standard InChI is InChI=1S/C21H19ClN2O5/c1-12(2)29-17-9-4-13(11-18(17)28-3)10-16-19(25)23-21(27)24(20(16)26)15-7-5-14(22)6-8-15/h4-12H,1-3H3,(H,23,25,27)/b16-10-. The fourth-order valence-electron chi connectivity index (χ4n) is 2.77. The van der Waals surface area contributed by atoms with Gasteiger partial charge in [0.1, 0.15) is 5.57 Å². The molecule has 8 heteroatoms. The Bertz CT molecular complexity index is 999. The van der Waals surface area contributed by atoms with E-state index in [9.17, 15) is 14.4 Å². The summed E-state index contributed by atoms with van der Waals surface area (Å²) in [5.74, 6) is -0.501. The molecule has 0 spiro atoms. The van der Waals surface area contributed by atoms with Crippen molar-refractivity contribution < 1.29 is 23.9 Å². The van der Waals surface area contributed by atoms with Crippen LogP contribution in [0.15, 0.2) is 48.0 Å². The number of imide groups is 2. The Morgan fingerprint density at radius 3 is 2.34 bits per heavy atom. The van der Waals surface area contributed by atoms with Crippen LogP contribution in [-0.4, -0.2) is 31.1 Å². The number of carbonyl (C=O) groups is 3. The summed E-state index contributed by atoms with van der Waals surface area (Å²) in [5.41, 5.74) is 0.662. The highest BCUT2D eigenvalue weighted by atomic mass is 35.5. The largest absolute Gasteiger partial charge is 0.493 e. The average Bonchev–Trinajstić information content (AvgIpc) is 2.67. The topological polar surface area (TPSA) is 84.9 Å². The second kappa shape index (κ2) is 8.36. The van der Waals surface area contributed by atoms with Crippen molar-refractivity contribution in [1.29, 1.82) is 0 Å². The lowest BCUT2D eigenvalue weighted by atomic mass is 10.1. The van der Waals surface area contributed by atoms with E-state index < -0.39 is 17.8 Å². The first kappa shape index (κ1) is 20.4. The van der Waals surface area contributed by atoms with Gasteiger partial charge in [-0.3, -0.25) is 14.9 Å². The molecule has 0 aliphatic carbocycles. The summed E-state index contributed by atoms with van der Waals surface area (Å²) in [4.78, 5) is 38.3. The van der Waals surface area contributed by atoms with Gasteiger partial charge in [-0.1, -0.05) is 17.7 Å². The molecule has 1 saturated heterocycles. The third-order valence-electron chi connectivity index (χ3n) is 4.05. The van der Waals surface area contributed by atoms with E-state index in [1.54, 1.807) is 30.3 Å². The molecule has 0 unspecified atom stereocenters. The van der Waals surface area contributed by atoms with Crippen molar-refractivity contribution in [3.05, 3.63) is 58.6 Å². The number of carbonyl (C=O) groups excluding carboxylic acids is 3. The first-order chi connectivity index (χ1) is 13.8. The van der Waals surface area contributed by atoms with E-state index in [0.717, 1.165) is 4.90 Å². The van der Waals surface area contributed by atoms with Crippen molar-refractivity contribution in [2.24, 2.45) is 0 Å². The number of nitrogens with one attached hydrogen (secondary N) is 1. The molecule has 0 atom stereocenters. The molecule has 1 aliphatic rings. The highest BCUT2D eigenvalue weighted by Crippen LogP contribution is 2.30. The number of benzene rings is 2. The van der Waals surface area contributed by atoms with Gasteiger partial charge in [0, 0.05) is 5.02 Å². The number of rotatable bonds is 5. The van der Waals surface area contributed by atoms with Gasteiger partial charge in [-0.15, -0.1) is 0 Å². The Balaban J connectivity index is 1.97. The minimum absolute atomic E-state index is 0.0437. The second-order valence-electron chi connectivity index (χ2n) is 6.51. The molecule has 1 heterocycles.